The van der Waals surface area contributed by atoms with Crippen molar-refractivity contribution in [2.24, 2.45) is 0 Å². The van der Waals surface area contributed by atoms with E-state index in [4.69, 9.17) is 0 Å². The summed E-state index contributed by atoms with van der Waals surface area (Å²) in [6.45, 7) is 16.3. The van der Waals surface area contributed by atoms with Gasteiger partial charge in [0.2, 0.25) is 0 Å². The van der Waals surface area contributed by atoms with Crippen LogP contribution < -0.4 is 16.0 Å². The molecule has 1 fully saturated rings. The molecule has 4 heterocycles. The minimum atomic E-state index is -0.0666. The van der Waals surface area contributed by atoms with E-state index < -0.39 is 0 Å². The second-order valence-electron chi connectivity index (χ2n) is 15.3. The Balaban J connectivity index is 0.000000872. The number of para-hydroxylation sites is 4. The van der Waals surface area contributed by atoms with Gasteiger partial charge < -0.3 is 9.13 Å². The van der Waals surface area contributed by atoms with E-state index in [0.717, 1.165) is 12.1 Å². The third-order valence-corrected chi connectivity index (χ3v) is 12.0. The Morgan fingerprint density at radius 2 is 1.05 bits per heavy atom. The summed E-state index contributed by atoms with van der Waals surface area (Å²) < 4.78 is 4.94. The molecule has 0 saturated carbocycles. The second-order valence-corrected chi connectivity index (χ2v) is 15.3. The highest BCUT2D eigenvalue weighted by atomic mass is 15.4. The largest absolute Gasteiger partial charge is 0.309 e. The molecule has 7 aromatic carbocycles. The zero-order chi connectivity index (χ0) is 44.0. The molecule has 9 aromatic rings. The fourth-order valence-electron chi connectivity index (χ4n) is 9.51. The normalized spacial score (nSPS) is 16.6. The highest BCUT2D eigenvalue weighted by Gasteiger charge is 2.30. The van der Waals surface area contributed by atoms with Crippen LogP contribution in [0, 0.1) is 0 Å². The van der Waals surface area contributed by atoms with Gasteiger partial charge in [-0.1, -0.05) is 182 Å². The molecule has 0 radical (unpaired) electrons. The summed E-state index contributed by atoms with van der Waals surface area (Å²) >= 11 is 0. The minimum absolute atomic E-state index is 0.0151. The van der Waals surface area contributed by atoms with Crippen LogP contribution in [0.3, 0.4) is 0 Å². The summed E-state index contributed by atoms with van der Waals surface area (Å²) in [6.07, 6.45) is 7.51. The summed E-state index contributed by atoms with van der Waals surface area (Å²) in [5.74, 6) is 0. The maximum atomic E-state index is 3.88. The van der Waals surface area contributed by atoms with Crippen LogP contribution in [-0.4, -0.2) is 15.3 Å². The van der Waals surface area contributed by atoms with Gasteiger partial charge in [0, 0.05) is 38.4 Å². The molecule has 11 rings (SSSR count). The summed E-state index contributed by atoms with van der Waals surface area (Å²) in [5.41, 5.74) is 15.9. The summed E-state index contributed by atoms with van der Waals surface area (Å²) in [5, 5.41) is 16.6. The van der Waals surface area contributed by atoms with E-state index in [2.05, 4.69) is 215 Å². The number of aromatic nitrogens is 2. The third-order valence-electron chi connectivity index (χ3n) is 12.0. The number of benzene rings is 7. The zero-order valence-corrected chi connectivity index (χ0v) is 38.1. The highest BCUT2D eigenvalue weighted by molar-refractivity contribution is 6.19. The van der Waals surface area contributed by atoms with E-state index in [1.165, 1.54) is 88.3 Å². The quantitative estimate of drug-likeness (QED) is 0.146. The first-order chi connectivity index (χ1) is 31.2. The fourth-order valence-corrected chi connectivity index (χ4v) is 9.51. The van der Waals surface area contributed by atoms with Crippen LogP contribution in [0.15, 0.2) is 182 Å². The van der Waals surface area contributed by atoms with Crippen LogP contribution >= 0.6 is 0 Å². The molecule has 3 N–H and O–H groups in total. The van der Waals surface area contributed by atoms with Gasteiger partial charge in [-0.05, 0) is 83.6 Å². The molecule has 0 amide bonds. The Kier molecular flexibility index (Phi) is 13.2. The number of allylic oxidation sites excluding steroid dienone is 2. The first-order valence-corrected chi connectivity index (χ1v) is 23.2. The van der Waals surface area contributed by atoms with E-state index in [9.17, 15) is 0 Å². The van der Waals surface area contributed by atoms with Gasteiger partial charge in [0.15, 0.2) is 0 Å². The number of fused-ring (bicyclic) bond motifs is 11. The van der Waals surface area contributed by atoms with E-state index in [1.54, 1.807) is 0 Å². The first kappa shape index (κ1) is 43.2. The molecule has 3 atom stereocenters. The second kappa shape index (κ2) is 19.3. The topological polar surface area (TPSA) is 46.0 Å². The molecule has 0 bridgehead atoms. The monoisotopic (exact) mass is 827 g/mol. The molecule has 63 heavy (non-hydrogen) atoms. The number of rotatable bonds is 6. The van der Waals surface area contributed by atoms with Crippen molar-refractivity contribution in [3.8, 4) is 33.6 Å². The van der Waals surface area contributed by atoms with Crippen LogP contribution in [0.5, 0.6) is 0 Å². The lowest BCUT2D eigenvalue weighted by Gasteiger charge is -2.40. The summed E-state index contributed by atoms with van der Waals surface area (Å²) in [4.78, 5) is 0. The molecule has 2 aliphatic heterocycles. The van der Waals surface area contributed by atoms with E-state index in [0.29, 0.717) is 0 Å². The molecule has 2 aliphatic rings. The highest BCUT2D eigenvalue weighted by Crippen LogP contribution is 2.49. The van der Waals surface area contributed by atoms with Gasteiger partial charge in [0.25, 0.3) is 0 Å². The fraction of sp³-hybridized carbons (Fsp3) is 0.207. The van der Waals surface area contributed by atoms with Crippen molar-refractivity contribution < 1.29 is 0 Å². The Bertz CT molecular complexity index is 3060. The molecule has 5 nitrogen and oxygen atoms in total. The van der Waals surface area contributed by atoms with E-state index in [-0.39, 0.29) is 18.5 Å². The van der Waals surface area contributed by atoms with E-state index >= 15 is 0 Å². The smallest absolute Gasteiger partial charge is 0.0864 e. The van der Waals surface area contributed by atoms with Gasteiger partial charge in [-0.2, -0.15) is 0 Å². The first-order valence-electron chi connectivity index (χ1n) is 23.2. The standard InChI is InChI=1S/C52H43N5.3C2H6/c1-3-15-33(16-4-2)50-53-51(34-17-6-5-7-18-34)55-52(54-50)35-27-29-36(30-28-35)56-45-24-11-10-21-39(45)44-31-42-41-23-14-22-40-37-19-8-12-25-46(37)57(49(40)41)47-26-13-9-20-38(47)43(42)32-48(44)56;3*1-2/h3,5-32,50-55H,4H2,1-2H3;3*1-2H3/b15-3-,33-16+;;;. The van der Waals surface area contributed by atoms with Crippen molar-refractivity contribution in [1.82, 2.24) is 25.1 Å². The Hall–Kier alpha value is -6.50. The molecule has 0 aliphatic carbocycles. The number of hydrogen-bond acceptors (Lipinski definition) is 3. The average molecular weight is 828 g/mol. The lowest BCUT2D eigenvalue weighted by molar-refractivity contribution is 0.224. The van der Waals surface area contributed by atoms with Crippen molar-refractivity contribution >= 4 is 43.6 Å². The van der Waals surface area contributed by atoms with Crippen LogP contribution in [0.2, 0.25) is 0 Å². The van der Waals surface area contributed by atoms with Gasteiger partial charge >= 0.3 is 0 Å². The van der Waals surface area contributed by atoms with Crippen LogP contribution in [-0.2, 0) is 0 Å². The minimum Gasteiger partial charge on any atom is -0.309 e. The summed E-state index contributed by atoms with van der Waals surface area (Å²) in [6, 6.07) is 58.1. The maximum Gasteiger partial charge on any atom is 0.0864 e. The van der Waals surface area contributed by atoms with Crippen molar-refractivity contribution in [2.75, 3.05) is 0 Å². The predicted octanol–water partition coefficient (Wildman–Crippen LogP) is 15.3. The third kappa shape index (κ3) is 7.61. The SMILES string of the molecule is C/C=C\C(=C/CC)C1NC(c2ccccc2)NC(c2ccc(-n3c4ccccc4c4cc5c(cc43)-c3ccccc3-n3c4ccccc4c4cccc-5c43)cc2)N1.CC.CC.CC. The van der Waals surface area contributed by atoms with Gasteiger partial charge in [-0.3, -0.25) is 16.0 Å². The summed E-state index contributed by atoms with van der Waals surface area (Å²) in [7, 11) is 0. The van der Waals surface area contributed by atoms with Crippen LogP contribution in [0.25, 0.3) is 77.2 Å². The maximum absolute atomic E-state index is 3.88. The molecular formula is C58H61N5. The van der Waals surface area contributed by atoms with Gasteiger partial charge in [-0.25, -0.2) is 0 Å². The van der Waals surface area contributed by atoms with Gasteiger partial charge in [0.05, 0.1) is 46.3 Å². The van der Waals surface area contributed by atoms with Crippen LogP contribution in [0.4, 0.5) is 0 Å². The number of nitrogens with zero attached hydrogens (tertiary/aromatic N) is 2. The molecular weight excluding hydrogens is 767 g/mol. The van der Waals surface area contributed by atoms with Crippen molar-refractivity contribution in [1.29, 1.82) is 0 Å². The molecule has 1 saturated heterocycles. The van der Waals surface area contributed by atoms with E-state index in [1.807, 2.05) is 41.5 Å². The molecule has 5 heteroatoms. The molecule has 0 spiro atoms. The zero-order valence-electron chi connectivity index (χ0n) is 38.1. The Morgan fingerprint density at radius 1 is 0.492 bits per heavy atom. The molecule has 318 valence electrons. The lowest BCUT2D eigenvalue weighted by Crippen LogP contribution is -2.59. The Labute approximate surface area is 373 Å². The Morgan fingerprint density at radius 3 is 1.73 bits per heavy atom. The van der Waals surface area contributed by atoms with Crippen molar-refractivity contribution in [3.63, 3.8) is 0 Å². The van der Waals surface area contributed by atoms with Crippen LogP contribution in [0.1, 0.15) is 85.3 Å². The predicted molar refractivity (Wildman–Crippen MR) is 272 cm³/mol. The average Bonchev–Trinajstić information content (AvgIpc) is 3.84. The number of hydrogen-bond donors (Lipinski definition) is 3. The van der Waals surface area contributed by atoms with Gasteiger partial charge in [0.1, 0.15) is 0 Å². The number of nitrogens with one attached hydrogen (secondary N) is 3. The molecule has 2 aromatic heterocycles. The molecule has 3 unspecified atom stereocenters. The van der Waals surface area contributed by atoms with Crippen molar-refractivity contribution in [2.45, 2.75) is 80.3 Å². The lowest BCUT2D eigenvalue weighted by atomic mass is 9.92. The van der Waals surface area contributed by atoms with Gasteiger partial charge in [-0.15, -0.1) is 0 Å². The van der Waals surface area contributed by atoms with Crippen molar-refractivity contribution in [3.05, 3.63) is 193 Å².